The maximum absolute atomic E-state index is 15.4. The summed E-state index contributed by atoms with van der Waals surface area (Å²) in [4.78, 5) is 0. The normalized spacial score (nSPS) is 46.5. The van der Waals surface area contributed by atoms with Gasteiger partial charge in [-0.25, -0.2) is 17.6 Å². The van der Waals surface area contributed by atoms with Gasteiger partial charge in [0.2, 0.25) is 0 Å². The first kappa shape index (κ1) is 28.7. The van der Waals surface area contributed by atoms with Crippen LogP contribution in [0.5, 0.6) is 0 Å². The Hall–Kier alpha value is -0.280. The van der Waals surface area contributed by atoms with E-state index >= 15 is 8.78 Å². The third-order valence-electron chi connectivity index (χ3n) is 11.5. The zero-order chi connectivity index (χ0) is 25.7. The maximum atomic E-state index is 15.4. The second kappa shape index (κ2) is 13.7. The van der Waals surface area contributed by atoms with Crippen LogP contribution in [-0.2, 0) is 0 Å². The highest BCUT2D eigenvalue weighted by Crippen LogP contribution is 2.49. The first-order valence-electron chi connectivity index (χ1n) is 16.0. The molecule has 0 heterocycles. The van der Waals surface area contributed by atoms with Gasteiger partial charge in [-0.3, -0.25) is 0 Å². The van der Waals surface area contributed by atoms with E-state index in [4.69, 9.17) is 0 Å². The second-order valence-corrected chi connectivity index (χ2v) is 13.5. The lowest BCUT2D eigenvalue weighted by atomic mass is 9.63. The summed E-state index contributed by atoms with van der Waals surface area (Å²) in [5.41, 5.74) is 0. The van der Waals surface area contributed by atoms with Crippen molar-refractivity contribution in [2.45, 2.75) is 154 Å². The van der Waals surface area contributed by atoms with Crippen LogP contribution < -0.4 is 0 Å². The summed E-state index contributed by atoms with van der Waals surface area (Å²) >= 11 is 0. The Bertz CT molecular complexity index is 624. The molecule has 4 fully saturated rings. The molecule has 0 amide bonds. The zero-order valence-corrected chi connectivity index (χ0v) is 23.2. The van der Waals surface area contributed by atoms with Gasteiger partial charge in [-0.15, -0.1) is 0 Å². The van der Waals surface area contributed by atoms with Crippen LogP contribution in [0.2, 0.25) is 0 Å². The fourth-order valence-corrected chi connectivity index (χ4v) is 8.89. The molecule has 4 heteroatoms. The SMILES string of the molecule is CCCCC1CCC(CCC2CCC(C3CCC(C4CCC(CC)CC4)C(F)[C@H]3F)CC2)C(F)C1F. The van der Waals surface area contributed by atoms with E-state index < -0.39 is 24.7 Å². The van der Waals surface area contributed by atoms with Gasteiger partial charge < -0.3 is 0 Å². The molecule has 0 saturated heterocycles. The smallest absolute Gasteiger partial charge is 0.134 e. The Morgan fingerprint density at radius 2 is 0.944 bits per heavy atom. The summed E-state index contributed by atoms with van der Waals surface area (Å²) in [6, 6.07) is 0. The Morgan fingerprint density at radius 1 is 0.472 bits per heavy atom. The summed E-state index contributed by atoms with van der Waals surface area (Å²) in [6.07, 6.45) is 12.8. The van der Waals surface area contributed by atoms with Crippen molar-refractivity contribution in [3.8, 4) is 0 Å². The molecule has 0 aromatic rings. The Balaban J connectivity index is 1.18. The summed E-state index contributed by atoms with van der Waals surface area (Å²) in [5.74, 6) is 1.67. The van der Waals surface area contributed by atoms with Crippen LogP contribution >= 0.6 is 0 Å². The third-order valence-corrected chi connectivity index (χ3v) is 11.5. The largest absolute Gasteiger partial charge is 0.244 e. The van der Waals surface area contributed by atoms with Crippen LogP contribution in [0.4, 0.5) is 17.6 Å². The highest BCUT2D eigenvalue weighted by Gasteiger charge is 2.47. The zero-order valence-electron chi connectivity index (χ0n) is 23.2. The lowest BCUT2D eigenvalue weighted by Crippen LogP contribution is -2.45. The monoisotopic (exact) mass is 514 g/mol. The first-order valence-corrected chi connectivity index (χ1v) is 16.0. The van der Waals surface area contributed by atoms with Crippen LogP contribution in [0.3, 0.4) is 0 Å². The molecular formula is C32H54F4. The molecule has 0 radical (unpaired) electrons. The van der Waals surface area contributed by atoms with Gasteiger partial charge in [0.05, 0.1) is 0 Å². The highest BCUT2D eigenvalue weighted by molar-refractivity contribution is 4.95. The Kier molecular flexibility index (Phi) is 10.9. The van der Waals surface area contributed by atoms with Gasteiger partial charge in [0.25, 0.3) is 0 Å². The molecule has 210 valence electrons. The van der Waals surface area contributed by atoms with Gasteiger partial charge in [-0.2, -0.15) is 0 Å². The van der Waals surface area contributed by atoms with E-state index in [2.05, 4.69) is 13.8 Å². The molecule has 36 heavy (non-hydrogen) atoms. The second-order valence-electron chi connectivity index (χ2n) is 13.5. The summed E-state index contributed by atoms with van der Waals surface area (Å²) in [7, 11) is 0. The van der Waals surface area contributed by atoms with Crippen LogP contribution in [-0.4, -0.2) is 24.7 Å². The molecule has 8 atom stereocenters. The van der Waals surface area contributed by atoms with E-state index in [0.29, 0.717) is 17.8 Å². The van der Waals surface area contributed by atoms with Crippen molar-refractivity contribution < 1.29 is 17.6 Å². The molecule has 0 aromatic heterocycles. The highest BCUT2D eigenvalue weighted by atomic mass is 19.2. The quantitative estimate of drug-likeness (QED) is 0.268. The number of hydrogen-bond donors (Lipinski definition) is 0. The topological polar surface area (TPSA) is 0 Å². The molecular weight excluding hydrogens is 460 g/mol. The lowest BCUT2D eigenvalue weighted by molar-refractivity contribution is -0.0374. The van der Waals surface area contributed by atoms with Gasteiger partial charge in [-0.05, 0) is 112 Å². The van der Waals surface area contributed by atoms with Gasteiger partial charge in [0.15, 0.2) is 0 Å². The van der Waals surface area contributed by atoms with E-state index in [1.165, 1.54) is 19.3 Å². The van der Waals surface area contributed by atoms with Crippen molar-refractivity contribution in [3.63, 3.8) is 0 Å². The Labute approximate surface area is 219 Å². The molecule has 4 aliphatic carbocycles. The summed E-state index contributed by atoms with van der Waals surface area (Å²) < 4.78 is 60.2. The lowest BCUT2D eigenvalue weighted by Gasteiger charge is -2.45. The standard InChI is InChI=1S/C32H54F4/c1-3-5-6-25-17-18-26(30(34)29(25)33)16-11-22-9-14-24(15-10-22)28-20-19-27(31(35)32(28)36)23-12-7-21(4-2)8-13-23/h21-32H,3-20H2,1-2H3/t21?,22?,23?,24?,25?,26?,27?,28?,29?,30?,31?,32-/m0/s1. The van der Waals surface area contributed by atoms with Crippen molar-refractivity contribution in [2.75, 3.05) is 0 Å². The molecule has 0 aliphatic heterocycles. The fourth-order valence-electron chi connectivity index (χ4n) is 8.89. The minimum atomic E-state index is -1.29. The summed E-state index contributed by atoms with van der Waals surface area (Å²) in [6.45, 7) is 4.35. The number of alkyl halides is 4. The minimum Gasteiger partial charge on any atom is -0.244 e. The van der Waals surface area contributed by atoms with Crippen LogP contribution in [0, 0.1) is 47.3 Å². The molecule has 4 saturated carbocycles. The number of unbranched alkanes of at least 4 members (excludes halogenated alkanes) is 1. The molecule has 4 aliphatic rings. The average molecular weight is 515 g/mol. The van der Waals surface area contributed by atoms with Crippen LogP contribution in [0.25, 0.3) is 0 Å². The maximum Gasteiger partial charge on any atom is 0.134 e. The van der Waals surface area contributed by atoms with E-state index in [9.17, 15) is 8.78 Å². The first-order chi connectivity index (χ1) is 17.4. The van der Waals surface area contributed by atoms with Gasteiger partial charge in [-0.1, -0.05) is 65.2 Å². The van der Waals surface area contributed by atoms with Crippen molar-refractivity contribution in [1.29, 1.82) is 0 Å². The van der Waals surface area contributed by atoms with Gasteiger partial charge in [0, 0.05) is 0 Å². The van der Waals surface area contributed by atoms with E-state index in [1.54, 1.807) is 0 Å². The van der Waals surface area contributed by atoms with E-state index in [-0.39, 0.29) is 23.7 Å². The number of hydrogen-bond acceptors (Lipinski definition) is 0. The van der Waals surface area contributed by atoms with E-state index in [0.717, 1.165) is 102 Å². The van der Waals surface area contributed by atoms with Crippen molar-refractivity contribution >= 4 is 0 Å². The van der Waals surface area contributed by atoms with E-state index in [1.807, 2.05) is 0 Å². The van der Waals surface area contributed by atoms with Crippen LogP contribution in [0.1, 0.15) is 129 Å². The molecule has 7 unspecified atom stereocenters. The Morgan fingerprint density at radius 3 is 1.42 bits per heavy atom. The molecule has 0 bridgehead atoms. The predicted molar refractivity (Wildman–Crippen MR) is 142 cm³/mol. The molecule has 0 aromatic carbocycles. The average Bonchev–Trinajstić information content (AvgIpc) is 2.91. The van der Waals surface area contributed by atoms with Gasteiger partial charge in [0.1, 0.15) is 24.7 Å². The predicted octanol–water partition coefficient (Wildman–Crippen LogP) is 10.4. The minimum absolute atomic E-state index is 0.0598. The van der Waals surface area contributed by atoms with Crippen molar-refractivity contribution in [2.24, 2.45) is 47.3 Å². The van der Waals surface area contributed by atoms with Crippen molar-refractivity contribution in [1.82, 2.24) is 0 Å². The fraction of sp³-hybridized carbons (Fsp3) is 1.00. The number of rotatable bonds is 9. The van der Waals surface area contributed by atoms with Crippen LogP contribution in [0.15, 0.2) is 0 Å². The molecule has 0 nitrogen and oxygen atoms in total. The summed E-state index contributed by atoms with van der Waals surface area (Å²) in [5, 5.41) is 0. The molecule has 0 N–H and O–H groups in total. The third kappa shape index (κ3) is 6.83. The van der Waals surface area contributed by atoms with Gasteiger partial charge >= 0.3 is 0 Å². The van der Waals surface area contributed by atoms with Crippen molar-refractivity contribution in [3.05, 3.63) is 0 Å². The number of halogens is 4. The molecule has 0 spiro atoms. The molecule has 4 rings (SSSR count).